The van der Waals surface area contributed by atoms with Gasteiger partial charge in [0.15, 0.2) is 6.61 Å². The molecule has 1 N–H and O–H groups in total. The van der Waals surface area contributed by atoms with Crippen LogP contribution in [-0.4, -0.2) is 18.5 Å². The van der Waals surface area contributed by atoms with E-state index in [2.05, 4.69) is 5.32 Å². The first kappa shape index (κ1) is 17.5. The molecule has 1 saturated carbocycles. The van der Waals surface area contributed by atoms with E-state index in [1.165, 1.54) is 0 Å². The van der Waals surface area contributed by atoms with Crippen LogP contribution in [0.5, 0.6) is 0 Å². The molecule has 2 aromatic rings. The Balaban J connectivity index is 1.54. The molecule has 0 unspecified atom stereocenters. The summed E-state index contributed by atoms with van der Waals surface area (Å²) < 4.78 is 5.27. The molecule has 2 aromatic carbocycles. The molecule has 0 saturated heterocycles. The Hall–Kier alpha value is -2.33. The summed E-state index contributed by atoms with van der Waals surface area (Å²) in [4.78, 5) is 24.5. The molecule has 25 heavy (non-hydrogen) atoms. The van der Waals surface area contributed by atoms with Gasteiger partial charge in [-0.3, -0.25) is 9.59 Å². The normalized spacial score (nSPS) is 15.9. The minimum absolute atomic E-state index is 0.140. The number of hydrogen-bond acceptors (Lipinski definition) is 3. The molecule has 0 bridgehead atoms. The van der Waals surface area contributed by atoms with Crippen molar-refractivity contribution in [2.24, 2.45) is 0 Å². The van der Waals surface area contributed by atoms with Gasteiger partial charge in [0, 0.05) is 5.02 Å². The van der Waals surface area contributed by atoms with Crippen molar-refractivity contribution in [3.8, 4) is 0 Å². The van der Waals surface area contributed by atoms with Crippen LogP contribution in [0.4, 0.5) is 0 Å². The van der Waals surface area contributed by atoms with Crippen molar-refractivity contribution >= 4 is 23.5 Å². The van der Waals surface area contributed by atoms with Crippen molar-refractivity contribution < 1.29 is 14.3 Å². The zero-order valence-corrected chi connectivity index (χ0v) is 14.8. The molecule has 4 nitrogen and oxygen atoms in total. The first-order chi connectivity index (χ1) is 12.0. The number of nitrogens with one attached hydrogen (secondary N) is 1. The molecule has 1 aliphatic carbocycles. The van der Waals surface area contributed by atoms with Crippen LogP contribution < -0.4 is 5.32 Å². The Bertz CT molecular complexity index is 754. The smallest absolute Gasteiger partial charge is 0.317 e. The van der Waals surface area contributed by atoms with Crippen LogP contribution in [0, 0.1) is 0 Å². The van der Waals surface area contributed by atoms with E-state index < -0.39 is 5.41 Å². The predicted octanol–water partition coefficient (Wildman–Crippen LogP) is 3.79. The summed E-state index contributed by atoms with van der Waals surface area (Å²) in [6.07, 6.45) is 1.46. The maximum absolute atomic E-state index is 12.4. The minimum atomic E-state index is -0.615. The third kappa shape index (κ3) is 4.02. The second-order valence-electron chi connectivity index (χ2n) is 6.37. The van der Waals surface area contributed by atoms with E-state index in [0.717, 1.165) is 24.0 Å². The molecule has 5 heteroatoms. The Morgan fingerprint density at radius 1 is 1.12 bits per heavy atom. The minimum Gasteiger partial charge on any atom is -0.455 e. The van der Waals surface area contributed by atoms with E-state index in [-0.39, 0.29) is 24.5 Å². The molecule has 1 aliphatic rings. The number of halogens is 1. The zero-order valence-electron chi connectivity index (χ0n) is 14.0. The van der Waals surface area contributed by atoms with Crippen LogP contribution in [0.3, 0.4) is 0 Å². The molecule has 0 spiro atoms. The van der Waals surface area contributed by atoms with E-state index in [9.17, 15) is 9.59 Å². The van der Waals surface area contributed by atoms with Gasteiger partial charge in [0.2, 0.25) is 0 Å². The van der Waals surface area contributed by atoms with Gasteiger partial charge in [-0.2, -0.15) is 0 Å². The van der Waals surface area contributed by atoms with Crippen molar-refractivity contribution in [2.75, 3.05) is 6.61 Å². The van der Waals surface area contributed by atoms with E-state index in [1.807, 2.05) is 49.4 Å². The van der Waals surface area contributed by atoms with Crippen molar-refractivity contribution in [1.29, 1.82) is 0 Å². The van der Waals surface area contributed by atoms with Gasteiger partial charge in [-0.05, 0) is 43.0 Å². The second-order valence-corrected chi connectivity index (χ2v) is 6.80. The van der Waals surface area contributed by atoms with Gasteiger partial charge in [0.1, 0.15) is 0 Å². The van der Waals surface area contributed by atoms with Gasteiger partial charge in [0.05, 0.1) is 11.5 Å². The molecule has 0 radical (unpaired) electrons. The number of rotatable bonds is 6. The molecule has 1 atom stereocenters. The third-order valence-electron chi connectivity index (χ3n) is 4.55. The fourth-order valence-electron chi connectivity index (χ4n) is 2.88. The Kier molecular flexibility index (Phi) is 5.09. The van der Waals surface area contributed by atoms with Crippen molar-refractivity contribution in [3.63, 3.8) is 0 Å². The number of amides is 1. The van der Waals surface area contributed by atoms with E-state index >= 15 is 0 Å². The summed E-state index contributed by atoms with van der Waals surface area (Å²) in [6.45, 7) is 1.62. The average molecular weight is 358 g/mol. The summed E-state index contributed by atoms with van der Waals surface area (Å²) in [5, 5.41) is 3.46. The predicted molar refractivity (Wildman–Crippen MR) is 96.3 cm³/mol. The fraction of sp³-hybridized carbons (Fsp3) is 0.300. The number of ether oxygens (including phenoxy) is 1. The highest BCUT2D eigenvalue weighted by atomic mass is 35.5. The molecule has 1 amide bonds. The molecule has 130 valence electrons. The number of hydrogen-bond donors (Lipinski definition) is 1. The second kappa shape index (κ2) is 7.28. The number of carbonyl (C=O) groups excluding carboxylic acids is 2. The van der Waals surface area contributed by atoms with Crippen LogP contribution in [0.25, 0.3) is 0 Å². The number of esters is 1. The summed E-state index contributed by atoms with van der Waals surface area (Å²) in [6, 6.07) is 16.7. The van der Waals surface area contributed by atoms with Gasteiger partial charge in [-0.1, -0.05) is 54.1 Å². The lowest BCUT2D eigenvalue weighted by molar-refractivity contribution is -0.151. The maximum atomic E-state index is 12.4. The monoisotopic (exact) mass is 357 g/mol. The van der Waals surface area contributed by atoms with Gasteiger partial charge < -0.3 is 10.1 Å². The van der Waals surface area contributed by atoms with Crippen molar-refractivity contribution in [1.82, 2.24) is 5.32 Å². The molecular formula is C20H20ClNO3. The SMILES string of the molecule is C[C@@H](NC(=O)COC(=O)C1(c2ccc(Cl)cc2)CC1)c1ccccc1. The van der Waals surface area contributed by atoms with Crippen LogP contribution in [0.2, 0.25) is 5.02 Å². The first-order valence-electron chi connectivity index (χ1n) is 8.29. The first-order valence-corrected chi connectivity index (χ1v) is 8.67. The summed E-state index contributed by atoms with van der Waals surface area (Å²) >= 11 is 5.89. The van der Waals surface area contributed by atoms with E-state index in [1.54, 1.807) is 12.1 Å². The van der Waals surface area contributed by atoms with Gasteiger partial charge >= 0.3 is 5.97 Å². The lowest BCUT2D eigenvalue weighted by atomic mass is 9.96. The number of carbonyl (C=O) groups is 2. The molecule has 0 aromatic heterocycles. The molecular weight excluding hydrogens is 338 g/mol. The molecule has 0 heterocycles. The largest absolute Gasteiger partial charge is 0.455 e. The standard InChI is InChI=1S/C20H20ClNO3/c1-14(15-5-3-2-4-6-15)22-18(23)13-25-19(24)20(11-12-20)16-7-9-17(21)10-8-16/h2-10,14H,11-13H2,1H3,(H,22,23)/t14-/m1/s1. The Morgan fingerprint density at radius 2 is 1.76 bits per heavy atom. The number of benzene rings is 2. The van der Waals surface area contributed by atoms with E-state index in [4.69, 9.17) is 16.3 Å². The summed E-state index contributed by atoms with van der Waals surface area (Å²) in [7, 11) is 0. The van der Waals surface area contributed by atoms with Crippen LogP contribution in [0.15, 0.2) is 54.6 Å². The van der Waals surface area contributed by atoms with Crippen molar-refractivity contribution in [3.05, 3.63) is 70.7 Å². The van der Waals surface area contributed by atoms with Crippen LogP contribution in [0.1, 0.15) is 36.9 Å². The fourth-order valence-corrected chi connectivity index (χ4v) is 3.01. The highest BCUT2D eigenvalue weighted by Gasteiger charge is 2.52. The van der Waals surface area contributed by atoms with Gasteiger partial charge in [0.25, 0.3) is 5.91 Å². The summed E-state index contributed by atoms with van der Waals surface area (Å²) in [5.74, 6) is -0.658. The quantitative estimate of drug-likeness (QED) is 0.800. The van der Waals surface area contributed by atoms with Crippen LogP contribution >= 0.6 is 11.6 Å². The Labute approximate surface area is 152 Å². The molecule has 3 rings (SSSR count). The Morgan fingerprint density at radius 3 is 2.36 bits per heavy atom. The lowest BCUT2D eigenvalue weighted by Gasteiger charge is -2.17. The van der Waals surface area contributed by atoms with Crippen molar-refractivity contribution in [2.45, 2.75) is 31.2 Å². The van der Waals surface area contributed by atoms with Gasteiger partial charge in [-0.15, -0.1) is 0 Å². The third-order valence-corrected chi connectivity index (χ3v) is 4.80. The molecule has 1 fully saturated rings. The summed E-state index contributed by atoms with van der Waals surface area (Å²) in [5.41, 5.74) is 1.28. The zero-order chi connectivity index (χ0) is 17.9. The maximum Gasteiger partial charge on any atom is 0.317 e. The van der Waals surface area contributed by atoms with Crippen LogP contribution in [-0.2, 0) is 19.7 Å². The molecule has 0 aliphatic heterocycles. The topological polar surface area (TPSA) is 55.4 Å². The van der Waals surface area contributed by atoms with E-state index in [0.29, 0.717) is 5.02 Å². The average Bonchev–Trinajstić information content (AvgIpc) is 3.43. The van der Waals surface area contributed by atoms with Gasteiger partial charge in [-0.25, -0.2) is 0 Å². The lowest BCUT2D eigenvalue weighted by Crippen LogP contribution is -2.33. The highest BCUT2D eigenvalue weighted by Crippen LogP contribution is 2.49. The highest BCUT2D eigenvalue weighted by molar-refractivity contribution is 6.30.